The number of hydrogen-bond acceptors (Lipinski definition) is 13. The molecule has 6 fully saturated rings. The summed E-state index contributed by atoms with van der Waals surface area (Å²) in [7, 11) is 0. The number of phenols is 1. The number of aromatic hydroxyl groups is 1. The van der Waals surface area contributed by atoms with Gasteiger partial charge in [-0.2, -0.15) is 5.26 Å². The molecule has 0 aromatic heterocycles. The van der Waals surface area contributed by atoms with Gasteiger partial charge in [0.05, 0.1) is 44.5 Å². The molecule has 6 aliphatic rings. The molecule has 2 atom stereocenters. The fraction of sp³-hybridized carbons (Fsp3) is 0.620. The van der Waals surface area contributed by atoms with Crippen LogP contribution in [0.4, 0.5) is 0 Å². The van der Waals surface area contributed by atoms with E-state index in [-0.39, 0.29) is 72.1 Å². The van der Waals surface area contributed by atoms with Crippen molar-refractivity contribution in [2.75, 3.05) is 59.4 Å². The number of carbonyl (C=O) groups excluding carboxylic acids is 2. The molecule has 0 spiro atoms. The van der Waals surface area contributed by atoms with Gasteiger partial charge in [-0.25, -0.2) is 0 Å². The summed E-state index contributed by atoms with van der Waals surface area (Å²) in [5.74, 6) is 5.30. The van der Waals surface area contributed by atoms with Crippen LogP contribution in [0.2, 0.25) is 0 Å². The van der Waals surface area contributed by atoms with Crippen LogP contribution in [0, 0.1) is 35.0 Å². The van der Waals surface area contributed by atoms with Gasteiger partial charge in [-0.1, -0.05) is 148 Å². The average molecular weight is 1210 g/mol. The van der Waals surface area contributed by atoms with E-state index in [1.54, 1.807) is 24.3 Å². The van der Waals surface area contributed by atoms with Gasteiger partial charge in [-0.15, -0.1) is 0 Å². The van der Waals surface area contributed by atoms with Gasteiger partial charge >= 0.3 is 18.9 Å². The second-order valence-corrected chi connectivity index (χ2v) is 22.3. The number of carbonyl (C=O) groups is 2. The Morgan fingerprint density at radius 3 is 1.19 bits per heavy atom. The molecule has 15 heteroatoms. The third-order valence-corrected chi connectivity index (χ3v) is 15.5. The molecular formula is C71H116AlLiN2O11. The van der Waals surface area contributed by atoms with Gasteiger partial charge in [-0.3, -0.25) is 9.59 Å². The molecule has 13 nitrogen and oxygen atoms in total. The topological polar surface area (TPSA) is 211 Å². The molecule has 2 aliphatic heterocycles. The Morgan fingerprint density at radius 2 is 0.872 bits per heavy atom. The van der Waals surface area contributed by atoms with Crippen LogP contribution in [0.15, 0.2) is 97.1 Å². The molecule has 0 radical (unpaired) electrons. The molecule has 10 rings (SSSR count). The van der Waals surface area contributed by atoms with Crippen molar-refractivity contribution in [3.63, 3.8) is 0 Å². The Hall–Kier alpha value is -4.20. The van der Waals surface area contributed by atoms with Crippen molar-refractivity contribution in [1.82, 2.24) is 0 Å². The Kier molecular flexibility index (Phi) is 53.5. The van der Waals surface area contributed by atoms with Crippen molar-refractivity contribution in [1.29, 1.82) is 5.26 Å². The summed E-state index contributed by atoms with van der Waals surface area (Å²) in [5.41, 5.74) is 8.29. The fourth-order valence-electron chi connectivity index (χ4n) is 10.5. The number of aldehydes is 2. The van der Waals surface area contributed by atoms with Crippen LogP contribution < -0.4 is 38.8 Å². The van der Waals surface area contributed by atoms with Crippen LogP contribution in [0.3, 0.4) is 0 Å². The predicted octanol–water partition coefficient (Wildman–Crippen LogP) is 12.3. The molecular weight excluding hydrogens is 1090 g/mol. The standard InChI is InChI=1S/C16H25NO2.C16H21NO2.C14H18O2.C7H6O2.C7H14O.2C4H8O.3CH4.Al.Li.4H/c2*17-10-9-16(18)14-7-4-8-15(11-14)19-12-13-5-2-1-3-6-13;15-10-13-7-4-8-14(9-13)16-11-12-5-2-1-3-6-12;8-5-6-2-1-3-7(9)4-6;8-6-7-4-2-1-3-5-7;2*1-2-4-5-3-1;;;;;;;;;/h4,7-8,11,13,16,18H,1-3,5-6,9-10,12,17H2;4,7-8,11,13,16,18H,1-3,5-6,9,12H2;4,7-10,12H,1-3,5-6,11H2;1-5,9H;7-8H,1-6H2;2*1-4H2;3*1H4;;;;;;/q;;;;;;;;;;;+1;;;;-1. The Balaban J connectivity index is -0.000000980. The number of nitrogens with two attached hydrogens (primary N) is 1. The van der Waals surface area contributed by atoms with Crippen molar-refractivity contribution < 1.29 is 74.0 Å². The van der Waals surface area contributed by atoms with Gasteiger partial charge in [0.1, 0.15) is 35.6 Å². The van der Waals surface area contributed by atoms with E-state index < -0.39 is 12.2 Å². The number of ether oxygens (including phenoxy) is 5. The summed E-state index contributed by atoms with van der Waals surface area (Å²) >= 11 is 0. The number of rotatable bonds is 17. The van der Waals surface area contributed by atoms with Gasteiger partial charge in [-0.05, 0) is 173 Å². The summed E-state index contributed by atoms with van der Waals surface area (Å²) in [6.07, 6.45) is 32.5. The quantitative estimate of drug-likeness (QED) is 0.0493. The maximum Gasteiger partial charge on any atom is 1.00 e. The summed E-state index contributed by atoms with van der Waals surface area (Å²) in [6.45, 7) is 7.27. The van der Waals surface area contributed by atoms with Crippen LogP contribution in [0.1, 0.15) is 235 Å². The third kappa shape index (κ3) is 38.9. The third-order valence-electron chi connectivity index (χ3n) is 15.5. The van der Waals surface area contributed by atoms with E-state index in [9.17, 15) is 19.8 Å². The molecule has 0 amide bonds. The molecule has 4 aliphatic carbocycles. The van der Waals surface area contributed by atoms with E-state index in [2.05, 4.69) is 0 Å². The number of phenolic OH excluding ortho intramolecular Hbond substituents is 1. The smallest absolute Gasteiger partial charge is 1.00 e. The summed E-state index contributed by atoms with van der Waals surface area (Å²) in [6, 6.07) is 30.7. The van der Waals surface area contributed by atoms with E-state index in [1.165, 1.54) is 166 Å². The van der Waals surface area contributed by atoms with Crippen molar-refractivity contribution in [2.45, 2.75) is 201 Å². The maximum absolute atomic E-state index is 10.6. The zero-order valence-electron chi connectivity index (χ0n) is 50.8. The minimum atomic E-state index is -0.719. The number of nitriles is 1. The van der Waals surface area contributed by atoms with Crippen LogP contribution in [0.5, 0.6) is 23.0 Å². The Labute approximate surface area is 544 Å². The summed E-state index contributed by atoms with van der Waals surface area (Å²) < 4.78 is 27.3. The number of nitrogens with zero attached hydrogens (tertiary/aromatic N) is 1. The predicted molar refractivity (Wildman–Crippen MR) is 353 cm³/mol. The fourth-order valence-corrected chi connectivity index (χ4v) is 10.5. The Bertz CT molecular complexity index is 2240. The zero-order valence-corrected chi connectivity index (χ0v) is 49.8. The number of benzene rings is 4. The van der Waals surface area contributed by atoms with Gasteiger partial charge in [0, 0.05) is 44.2 Å². The van der Waals surface area contributed by atoms with E-state index >= 15 is 0 Å². The van der Waals surface area contributed by atoms with Crippen molar-refractivity contribution >= 4 is 29.9 Å². The Morgan fingerprint density at radius 1 is 0.523 bits per heavy atom. The molecule has 4 aromatic rings. The van der Waals surface area contributed by atoms with E-state index in [0.29, 0.717) is 60.7 Å². The minimum absolute atomic E-state index is 0. The first kappa shape index (κ1) is 83.9. The summed E-state index contributed by atoms with van der Waals surface area (Å²) in [5, 5.41) is 45.8. The molecule has 4 saturated carbocycles. The number of aliphatic hydroxyl groups is 3. The van der Waals surface area contributed by atoms with E-state index in [1.807, 2.05) is 66.7 Å². The van der Waals surface area contributed by atoms with Crippen LogP contribution in [0.25, 0.3) is 0 Å². The monoisotopic (exact) mass is 1210 g/mol. The first-order valence-corrected chi connectivity index (χ1v) is 30.8. The van der Waals surface area contributed by atoms with Gasteiger partial charge in [0.2, 0.25) is 0 Å². The first-order valence-electron chi connectivity index (χ1n) is 30.8. The average Bonchev–Trinajstić information content (AvgIpc) is 4.48. The van der Waals surface area contributed by atoms with Crippen molar-refractivity contribution in [3.05, 3.63) is 119 Å². The van der Waals surface area contributed by atoms with E-state index in [0.717, 1.165) is 80.9 Å². The van der Waals surface area contributed by atoms with Gasteiger partial charge in [0.15, 0.2) is 17.4 Å². The van der Waals surface area contributed by atoms with Gasteiger partial charge < -0.3 is 51.3 Å². The number of hydrogen-bond donors (Lipinski definition) is 5. The zero-order chi connectivity index (χ0) is 57.8. The molecule has 86 heavy (non-hydrogen) atoms. The molecule has 2 saturated heterocycles. The van der Waals surface area contributed by atoms with Gasteiger partial charge in [0.25, 0.3) is 0 Å². The molecule has 6 N–H and O–H groups in total. The van der Waals surface area contributed by atoms with Crippen LogP contribution in [-0.2, 0) is 9.47 Å². The molecule has 4 aromatic carbocycles. The molecule has 2 unspecified atom stereocenters. The summed E-state index contributed by atoms with van der Waals surface area (Å²) in [4.78, 5) is 20.7. The second-order valence-electron chi connectivity index (χ2n) is 22.3. The van der Waals surface area contributed by atoms with Crippen molar-refractivity contribution in [2.24, 2.45) is 29.4 Å². The van der Waals surface area contributed by atoms with E-state index in [4.69, 9.17) is 44.9 Å². The van der Waals surface area contributed by atoms with Crippen LogP contribution >= 0.6 is 0 Å². The second kappa shape index (κ2) is 54.9. The maximum atomic E-state index is 10.6. The largest absolute Gasteiger partial charge is 1.00 e. The minimum Gasteiger partial charge on any atom is -1.00 e. The SMILES string of the molecule is C.C.C.C1CCOC1.C1CCOC1.N#CCC(O)c1cccc(OCC2CCCCC2)c1.NCCC(O)c1cccc(OCC2CCCCC2)c1.O=Cc1cccc(O)c1.O=Cc1cccc(OCC2CCCCC2)c1.OCC1CCCCC1.[AlH3].[H-].[Li+]. The molecule has 480 valence electrons. The first-order chi connectivity index (χ1) is 39.7. The normalized spacial score (nSPS) is 17.0. The van der Waals surface area contributed by atoms with Crippen LogP contribution in [-0.4, -0.2) is 110 Å². The molecule has 2 heterocycles. The number of aliphatic hydroxyl groups excluding tert-OH is 3. The van der Waals surface area contributed by atoms with Crippen molar-refractivity contribution in [3.8, 4) is 29.1 Å². The molecule has 0 bridgehead atoms.